The Labute approximate surface area is 96.5 Å². The van der Waals surface area contributed by atoms with Crippen LogP contribution in [0.5, 0.6) is 0 Å². The van der Waals surface area contributed by atoms with Crippen molar-refractivity contribution in [2.75, 3.05) is 31.2 Å². The average Bonchev–Trinajstić information content (AvgIpc) is 2.30. The summed E-state index contributed by atoms with van der Waals surface area (Å²) in [5.41, 5.74) is 0. The molecule has 1 saturated heterocycles. The van der Waals surface area contributed by atoms with E-state index in [1.807, 2.05) is 0 Å². The Morgan fingerprint density at radius 3 is 2.81 bits per heavy atom. The largest absolute Gasteiger partial charge is 0.368 e. The fraction of sp³-hybridized carbons (Fsp3) is 0.900. The number of ether oxygens (including phenoxy) is 1. The number of rotatable bonds is 6. The molecule has 1 aliphatic rings. The zero-order valence-corrected chi connectivity index (χ0v) is 10.4. The molecule has 16 heavy (non-hydrogen) atoms. The maximum Gasteiger partial charge on any atom is 0.162 e. The van der Waals surface area contributed by atoms with E-state index >= 15 is 0 Å². The third-order valence-electron chi connectivity index (χ3n) is 2.61. The molecule has 0 saturated carbocycles. The van der Waals surface area contributed by atoms with E-state index in [1.165, 1.54) is 0 Å². The van der Waals surface area contributed by atoms with Crippen LogP contribution in [0.2, 0.25) is 0 Å². The Hall–Kier alpha value is -0.460. The van der Waals surface area contributed by atoms with Gasteiger partial charge < -0.3 is 10.1 Å². The van der Waals surface area contributed by atoms with E-state index in [1.54, 1.807) is 6.92 Å². The summed E-state index contributed by atoms with van der Waals surface area (Å²) in [5, 5.41) is 3.07. The minimum Gasteiger partial charge on any atom is -0.368 e. The quantitative estimate of drug-likeness (QED) is 0.703. The topological polar surface area (TPSA) is 72.5 Å². The molecule has 1 fully saturated rings. The molecule has 0 aromatic heterocycles. The van der Waals surface area contributed by atoms with Crippen molar-refractivity contribution in [2.45, 2.75) is 25.9 Å². The highest BCUT2D eigenvalue weighted by molar-refractivity contribution is 7.91. The van der Waals surface area contributed by atoms with Gasteiger partial charge in [0, 0.05) is 25.3 Å². The number of hydrogen-bond acceptors (Lipinski definition) is 5. The van der Waals surface area contributed by atoms with Gasteiger partial charge >= 0.3 is 0 Å². The fourth-order valence-corrected chi connectivity index (χ4v) is 2.42. The van der Waals surface area contributed by atoms with Crippen molar-refractivity contribution >= 4 is 15.6 Å². The van der Waals surface area contributed by atoms with Crippen LogP contribution in [0.15, 0.2) is 0 Å². The summed E-state index contributed by atoms with van der Waals surface area (Å²) in [6.45, 7) is 3.47. The van der Waals surface area contributed by atoms with Crippen molar-refractivity contribution in [3.63, 3.8) is 0 Å². The summed E-state index contributed by atoms with van der Waals surface area (Å²) < 4.78 is 27.7. The fourth-order valence-electron chi connectivity index (χ4n) is 1.54. The number of carbonyl (C=O) groups excluding carboxylic acids is 1. The molecule has 1 heterocycles. The molecule has 0 radical (unpaired) electrons. The number of carbonyl (C=O) groups is 1. The lowest BCUT2D eigenvalue weighted by Crippen LogP contribution is -2.43. The lowest BCUT2D eigenvalue weighted by Gasteiger charge is -2.22. The molecule has 0 aliphatic carbocycles. The molecule has 6 heteroatoms. The number of Topliss-reactive ketones (excluding diaryl/α,β-unsaturated/α-hetero) is 1. The highest BCUT2D eigenvalue weighted by Crippen LogP contribution is 2.05. The van der Waals surface area contributed by atoms with Crippen molar-refractivity contribution in [3.8, 4) is 0 Å². The summed E-state index contributed by atoms with van der Waals surface area (Å²) >= 11 is 0. The lowest BCUT2D eigenvalue weighted by molar-refractivity contribution is -0.131. The second-order valence-electron chi connectivity index (χ2n) is 3.87. The summed E-state index contributed by atoms with van der Waals surface area (Å²) in [6.07, 6.45) is 0.290. The maximum absolute atomic E-state index is 11.6. The van der Waals surface area contributed by atoms with Crippen LogP contribution in [0.4, 0.5) is 0 Å². The van der Waals surface area contributed by atoms with Crippen molar-refractivity contribution < 1.29 is 17.9 Å². The molecule has 0 aromatic carbocycles. The Morgan fingerprint density at radius 1 is 1.50 bits per heavy atom. The molecular formula is C10H19NO4S. The third-order valence-corrected chi connectivity index (χ3v) is 4.40. The predicted octanol–water partition coefficient (Wildman–Crippen LogP) is -0.241. The Bertz CT molecular complexity index is 320. The summed E-state index contributed by atoms with van der Waals surface area (Å²) in [5.74, 6) is 0.233. The van der Waals surface area contributed by atoms with Gasteiger partial charge in [0.25, 0.3) is 0 Å². The molecule has 0 spiro atoms. The van der Waals surface area contributed by atoms with Gasteiger partial charge in [-0.2, -0.15) is 0 Å². The van der Waals surface area contributed by atoms with Crippen molar-refractivity contribution in [1.29, 1.82) is 0 Å². The van der Waals surface area contributed by atoms with Crippen LogP contribution in [0.3, 0.4) is 0 Å². The summed E-state index contributed by atoms with van der Waals surface area (Å²) in [7, 11) is -2.95. The van der Waals surface area contributed by atoms with Crippen molar-refractivity contribution in [3.05, 3.63) is 0 Å². The van der Waals surface area contributed by atoms with Gasteiger partial charge in [-0.05, 0) is 6.42 Å². The van der Waals surface area contributed by atoms with Crippen LogP contribution in [0.1, 0.15) is 19.8 Å². The third kappa shape index (κ3) is 4.59. The zero-order valence-electron chi connectivity index (χ0n) is 9.57. The van der Waals surface area contributed by atoms with Gasteiger partial charge in [-0.15, -0.1) is 0 Å². The van der Waals surface area contributed by atoms with E-state index in [4.69, 9.17) is 4.74 Å². The minimum absolute atomic E-state index is 0.00139. The van der Waals surface area contributed by atoms with E-state index in [9.17, 15) is 13.2 Å². The molecule has 1 aliphatic heterocycles. The molecule has 1 N–H and O–H groups in total. The van der Waals surface area contributed by atoms with Crippen LogP contribution < -0.4 is 5.32 Å². The molecule has 0 bridgehead atoms. The summed E-state index contributed by atoms with van der Waals surface area (Å²) in [6, 6.07) is 0. The number of ketones is 1. The first-order chi connectivity index (χ1) is 7.55. The predicted molar refractivity (Wildman–Crippen MR) is 61.2 cm³/mol. The van der Waals surface area contributed by atoms with Gasteiger partial charge in [0.2, 0.25) is 0 Å². The van der Waals surface area contributed by atoms with Gasteiger partial charge in [0.1, 0.15) is 15.9 Å². The van der Waals surface area contributed by atoms with Gasteiger partial charge in [-0.25, -0.2) is 8.42 Å². The second kappa shape index (κ2) is 6.32. The number of hydrogen-bond donors (Lipinski definition) is 1. The first-order valence-corrected chi connectivity index (χ1v) is 7.43. The van der Waals surface area contributed by atoms with Crippen molar-refractivity contribution in [2.24, 2.45) is 0 Å². The SMILES string of the molecule is CCS(=O)(=O)CCCC(=O)C1CNCCO1. The molecular weight excluding hydrogens is 230 g/mol. The first-order valence-electron chi connectivity index (χ1n) is 5.60. The molecule has 0 aromatic rings. The highest BCUT2D eigenvalue weighted by Gasteiger charge is 2.21. The molecule has 5 nitrogen and oxygen atoms in total. The Balaban J connectivity index is 2.24. The maximum atomic E-state index is 11.6. The van der Waals surface area contributed by atoms with E-state index in [0.717, 1.165) is 6.54 Å². The van der Waals surface area contributed by atoms with Gasteiger partial charge in [0.15, 0.2) is 5.78 Å². The van der Waals surface area contributed by atoms with Crippen molar-refractivity contribution in [1.82, 2.24) is 5.32 Å². The van der Waals surface area contributed by atoms with Crippen LogP contribution in [-0.2, 0) is 19.4 Å². The molecule has 1 atom stereocenters. The van der Waals surface area contributed by atoms with Crippen LogP contribution >= 0.6 is 0 Å². The van der Waals surface area contributed by atoms with Crippen LogP contribution in [0, 0.1) is 0 Å². The smallest absolute Gasteiger partial charge is 0.162 e. The normalized spacial score (nSPS) is 21.9. The molecule has 1 unspecified atom stereocenters. The van der Waals surface area contributed by atoms with Gasteiger partial charge in [0.05, 0.1) is 12.4 Å². The van der Waals surface area contributed by atoms with Gasteiger partial charge in [-0.1, -0.05) is 6.92 Å². The Morgan fingerprint density at radius 2 is 2.25 bits per heavy atom. The first kappa shape index (κ1) is 13.6. The zero-order chi connectivity index (χ0) is 12.0. The lowest BCUT2D eigenvalue weighted by atomic mass is 10.1. The Kier molecular flexibility index (Phi) is 5.37. The molecule has 1 rings (SSSR count). The molecule has 0 amide bonds. The van der Waals surface area contributed by atoms with Crippen LogP contribution in [0.25, 0.3) is 0 Å². The number of morpholine rings is 1. The highest BCUT2D eigenvalue weighted by atomic mass is 32.2. The average molecular weight is 249 g/mol. The minimum atomic E-state index is -2.95. The monoisotopic (exact) mass is 249 g/mol. The molecule has 94 valence electrons. The standard InChI is InChI=1S/C10H19NO4S/c1-2-16(13,14)7-3-4-9(12)10-8-11-5-6-15-10/h10-11H,2-8H2,1H3. The second-order valence-corrected chi connectivity index (χ2v) is 6.34. The van der Waals surface area contributed by atoms with Crippen LogP contribution in [-0.4, -0.2) is 51.5 Å². The van der Waals surface area contributed by atoms with E-state index in [0.29, 0.717) is 19.6 Å². The van der Waals surface area contributed by atoms with Gasteiger partial charge in [-0.3, -0.25) is 4.79 Å². The summed E-state index contributed by atoms with van der Waals surface area (Å²) in [4.78, 5) is 11.6. The van der Waals surface area contributed by atoms with E-state index in [2.05, 4.69) is 5.32 Å². The number of sulfone groups is 1. The van der Waals surface area contributed by atoms with E-state index < -0.39 is 15.9 Å². The van der Waals surface area contributed by atoms with E-state index in [-0.39, 0.29) is 23.7 Å². The number of nitrogens with one attached hydrogen (secondary N) is 1.